The fraction of sp³-hybridized carbons (Fsp3) is 0.500. The maximum atomic E-state index is 8.52. The molecule has 0 bridgehead atoms. The summed E-state index contributed by atoms with van der Waals surface area (Å²) in [7, 11) is 0. The van der Waals surface area contributed by atoms with Crippen LogP contribution in [0, 0.1) is 0 Å². The van der Waals surface area contributed by atoms with Crippen molar-refractivity contribution in [2.45, 2.75) is 12.2 Å². The van der Waals surface area contributed by atoms with Gasteiger partial charge in [0, 0.05) is 6.61 Å². The molecule has 0 aliphatic heterocycles. The molecule has 4 heteroatoms. The van der Waals surface area contributed by atoms with Gasteiger partial charge >= 0.3 is 0 Å². The van der Waals surface area contributed by atoms with Gasteiger partial charge in [0.25, 0.3) is 0 Å². The van der Waals surface area contributed by atoms with E-state index < -0.39 is 0 Å². The van der Waals surface area contributed by atoms with Gasteiger partial charge in [0.05, 0.1) is 5.75 Å². The van der Waals surface area contributed by atoms with Crippen molar-refractivity contribution in [1.29, 1.82) is 0 Å². The Morgan fingerprint density at radius 3 is 2.92 bits per heavy atom. The SMILES string of the molecule is OCCCSCc1ccc(Br)o1. The van der Waals surface area contributed by atoms with Gasteiger partial charge in [-0.15, -0.1) is 0 Å². The number of halogens is 1. The van der Waals surface area contributed by atoms with Gasteiger partial charge < -0.3 is 9.52 Å². The first-order chi connectivity index (χ1) is 5.83. The molecule has 12 heavy (non-hydrogen) atoms. The normalized spacial score (nSPS) is 10.5. The minimum atomic E-state index is 0.273. The zero-order valence-electron chi connectivity index (χ0n) is 6.62. The molecule has 1 aromatic heterocycles. The van der Waals surface area contributed by atoms with E-state index in [1.807, 2.05) is 12.1 Å². The van der Waals surface area contributed by atoms with Crippen molar-refractivity contribution in [1.82, 2.24) is 0 Å². The number of aliphatic hydroxyl groups excluding tert-OH is 1. The third kappa shape index (κ3) is 3.65. The minimum Gasteiger partial charge on any atom is -0.453 e. The highest BCUT2D eigenvalue weighted by Crippen LogP contribution is 2.19. The molecule has 0 spiro atoms. The Labute approximate surface area is 84.5 Å². The van der Waals surface area contributed by atoms with E-state index in [1.165, 1.54) is 0 Å². The summed E-state index contributed by atoms with van der Waals surface area (Å²) in [6, 6.07) is 3.85. The molecule has 1 N–H and O–H groups in total. The van der Waals surface area contributed by atoms with Gasteiger partial charge in [0.1, 0.15) is 5.76 Å². The monoisotopic (exact) mass is 250 g/mol. The van der Waals surface area contributed by atoms with Gasteiger partial charge in [-0.05, 0) is 40.2 Å². The van der Waals surface area contributed by atoms with E-state index in [4.69, 9.17) is 9.52 Å². The zero-order valence-corrected chi connectivity index (χ0v) is 9.03. The molecule has 2 nitrogen and oxygen atoms in total. The number of hydrogen-bond donors (Lipinski definition) is 1. The minimum absolute atomic E-state index is 0.273. The number of rotatable bonds is 5. The highest BCUT2D eigenvalue weighted by molar-refractivity contribution is 9.10. The molecule has 0 aromatic carbocycles. The van der Waals surface area contributed by atoms with Gasteiger partial charge in [-0.2, -0.15) is 11.8 Å². The van der Waals surface area contributed by atoms with E-state index in [2.05, 4.69) is 15.9 Å². The fourth-order valence-electron chi connectivity index (χ4n) is 0.769. The number of thioether (sulfide) groups is 1. The number of hydrogen-bond acceptors (Lipinski definition) is 3. The van der Waals surface area contributed by atoms with Crippen LogP contribution in [0.25, 0.3) is 0 Å². The first-order valence-corrected chi connectivity index (χ1v) is 5.70. The molecule has 1 heterocycles. The molecular formula is C8H11BrO2S. The highest BCUT2D eigenvalue weighted by Gasteiger charge is 1.98. The van der Waals surface area contributed by atoms with E-state index >= 15 is 0 Å². The van der Waals surface area contributed by atoms with Gasteiger partial charge in [-0.3, -0.25) is 0 Å². The van der Waals surface area contributed by atoms with Crippen LogP contribution >= 0.6 is 27.7 Å². The van der Waals surface area contributed by atoms with Crippen LogP contribution in [0.15, 0.2) is 21.2 Å². The summed E-state index contributed by atoms with van der Waals surface area (Å²) in [4.78, 5) is 0. The second-order valence-corrected chi connectivity index (χ2v) is 4.22. The lowest BCUT2D eigenvalue weighted by molar-refractivity contribution is 0.296. The molecule has 0 saturated heterocycles. The predicted molar refractivity (Wildman–Crippen MR) is 54.3 cm³/mol. The van der Waals surface area contributed by atoms with Crippen LogP contribution in [-0.4, -0.2) is 17.5 Å². The van der Waals surface area contributed by atoms with Crippen molar-refractivity contribution in [3.8, 4) is 0 Å². The maximum absolute atomic E-state index is 8.52. The second-order valence-electron chi connectivity index (χ2n) is 2.34. The average molecular weight is 251 g/mol. The lowest BCUT2D eigenvalue weighted by Crippen LogP contribution is -1.86. The summed E-state index contributed by atoms with van der Waals surface area (Å²) in [5, 5.41) is 8.52. The molecule has 0 atom stereocenters. The predicted octanol–water partition coefficient (Wildman–Crippen LogP) is 2.66. The molecule has 68 valence electrons. The smallest absolute Gasteiger partial charge is 0.169 e. The zero-order chi connectivity index (χ0) is 8.81. The van der Waals surface area contributed by atoms with Crippen molar-refractivity contribution in [3.63, 3.8) is 0 Å². The second kappa shape index (κ2) is 5.67. The van der Waals surface area contributed by atoms with E-state index in [-0.39, 0.29) is 6.61 Å². The quantitative estimate of drug-likeness (QED) is 0.817. The van der Waals surface area contributed by atoms with Crippen LogP contribution in [0.4, 0.5) is 0 Å². The Bertz CT molecular complexity index is 225. The van der Waals surface area contributed by atoms with Crippen LogP contribution in [-0.2, 0) is 5.75 Å². The lowest BCUT2D eigenvalue weighted by Gasteiger charge is -1.95. The molecular weight excluding hydrogens is 240 g/mol. The Morgan fingerprint density at radius 2 is 2.33 bits per heavy atom. The standard InChI is InChI=1S/C8H11BrO2S/c9-8-3-2-7(11-8)6-12-5-1-4-10/h2-3,10H,1,4-6H2. The fourth-order valence-corrected chi connectivity index (χ4v) is 1.94. The Hall–Kier alpha value is 0.0700. The number of aliphatic hydroxyl groups is 1. The van der Waals surface area contributed by atoms with Crippen LogP contribution in [0.1, 0.15) is 12.2 Å². The molecule has 0 aliphatic rings. The van der Waals surface area contributed by atoms with E-state index in [0.29, 0.717) is 0 Å². The third-order valence-electron chi connectivity index (χ3n) is 1.32. The summed E-state index contributed by atoms with van der Waals surface area (Å²) < 4.78 is 6.08. The molecule has 0 amide bonds. The first-order valence-electron chi connectivity index (χ1n) is 3.76. The van der Waals surface area contributed by atoms with Gasteiger partial charge in [-0.1, -0.05) is 0 Å². The van der Waals surface area contributed by atoms with Crippen LogP contribution < -0.4 is 0 Å². The molecule has 0 fully saturated rings. The summed E-state index contributed by atoms with van der Waals surface area (Å²) in [6.45, 7) is 0.273. The Balaban J connectivity index is 2.15. The third-order valence-corrected chi connectivity index (χ3v) is 2.81. The van der Waals surface area contributed by atoms with Gasteiger partial charge in [0.2, 0.25) is 0 Å². The molecule has 1 rings (SSSR count). The largest absolute Gasteiger partial charge is 0.453 e. The van der Waals surface area contributed by atoms with Gasteiger partial charge in [-0.25, -0.2) is 0 Å². The van der Waals surface area contributed by atoms with Crippen LogP contribution in [0.2, 0.25) is 0 Å². The number of furan rings is 1. The van der Waals surface area contributed by atoms with Crippen LogP contribution in [0.3, 0.4) is 0 Å². The van der Waals surface area contributed by atoms with Crippen molar-refractivity contribution < 1.29 is 9.52 Å². The Morgan fingerprint density at radius 1 is 1.50 bits per heavy atom. The molecule has 0 unspecified atom stereocenters. The summed E-state index contributed by atoms with van der Waals surface area (Å²) >= 11 is 5.01. The molecule has 0 saturated carbocycles. The lowest BCUT2D eigenvalue weighted by atomic mass is 10.5. The highest BCUT2D eigenvalue weighted by atomic mass is 79.9. The van der Waals surface area contributed by atoms with E-state index in [9.17, 15) is 0 Å². The first kappa shape index (κ1) is 10.2. The molecule has 0 aliphatic carbocycles. The van der Waals surface area contributed by atoms with Crippen molar-refractivity contribution in [2.24, 2.45) is 0 Å². The summed E-state index contributed by atoms with van der Waals surface area (Å²) in [6.07, 6.45) is 0.854. The van der Waals surface area contributed by atoms with Gasteiger partial charge in [0.15, 0.2) is 4.67 Å². The molecule has 0 radical (unpaired) electrons. The maximum Gasteiger partial charge on any atom is 0.169 e. The van der Waals surface area contributed by atoms with Crippen molar-refractivity contribution in [2.75, 3.05) is 12.4 Å². The van der Waals surface area contributed by atoms with Crippen molar-refractivity contribution in [3.05, 3.63) is 22.6 Å². The summed E-state index contributed by atoms with van der Waals surface area (Å²) in [5.74, 6) is 2.84. The topological polar surface area (TPSA) is 33.4 Å². The molecule has 1 aromatic rings. The van der Waals surface area contributed by atoms with E-state index in [1.54, 1.807) is 11.8 Å². The average Bonchev–Trinajstić information content (AvgIpc) is 2.45. The van der Waals surface area contributed by atoms with E-state index in [0.717, 1.165) is 28.4 Å². The summed E-state index contributed by atoms with van der Waals surface area (Å²) in [5.41, 5.74) is 0. The Kier molecular flexibility index (Phi) is 4.80. The van der Waals surface area contributed by atoms with Crippen molar-refractivity contribution >= 4 is 27.7 Å². The van der Waals surface area contributed by atoms with Crippen LogP contribution in [0.5, 0.6) is 0 Å².